The average Bonchev–Trinajstić information content (AvgIpc) is 2.44. The molecule has 1 aromatic heterocycles. The fourth-order valence-corrected chi connectivity index (χ4v) is 2.88. The van der Waals surface area contributed by atoms with E-state index in [0.717, 1.165) is 20.3 Å². The van der Waals surface area contributed by atoms with Gasteiger partial charge in [0.15, 0.2) is 0 Å². The molecular formula is C10H9BrOS. The topological polar surface area (TPSA) is 20.2 Å². The summed E-state index contributed by atoms with van der Waals surface area (Å²) in [6.45, 7) is 2.03. The van der Waals surface area contributed by atoms with Crippen LogP contribution >= 0.6 is 27.3 Å². The van der Waals surface area contributed by atoms with E-state index >= 15 is 0 Å². The van der Waals surface area contributed by atoms with Gasteiger partial charge in [-0.1, -0.05) is 27.6 Å². The van der Waals surface area contributed by atoms with Crippen LogP contribution in [-0.2, 0) is 5.33 Å². The molecule has 0 unspecified atom stereocenters. The van der Waals surface area contributed by atoms with Crippen LogP contribution in [-0.4, -0.2) is 5.11 Å². The van der Waals surface area contributed by atoms with Crippen LogP contribution in [0.2, 0.25) is 0 Å². The zero-order valence-electron chi connectivity index (χ0n) is 7.17. The van der Waals surface area contributed by atoms with E-state index in [2.05, 4.69) is 28.1 Å². The molecule has 0 saturated carbocycles. The average molecular weight is 257 g/mol. The molecular weight excluding hydrogens is 248 g/mol. The number of aryl methyl sites for hydroxylation is 1. The Hall–Kier alpha value is -0.540. The Morgan fingerprint density at radius 3 is 2.92 bits per heavy atom. The smallest absolute Gasteiger partial charge is 0.138 e. The highest BCUT2D eigenvalue weighted by Crippen LogP contribution is 2.38. The van der Waals surface area contributed by atoms with Crippen LogP contribution in [0.1, 0.15) is 10.4 Å². The molecule has 3 heteroatoms. The van der Waals surface area contributed by atoms with Gasteiger partial charge in [-0.2, -0.15) is 0 Å². The molecule has 0 atom stereocenters. The molecule has 68 valence electrons. The van der Waals surface area contributed by atoms with E-state index in [1.54, 1.807) is 11.3 Å². The van der Waals surface area contributed by atoms with Crippen molar-refractivity contribution in [2.24, 2.45) is 0 Å². The maximum atomic E-state index is 9.79. The number of aromatic hydroxyl groups is 1. The molecule has 0 aliphatic heterocycles. The van der Waals surface area contributed by atoms with Gasteiger partial charge in [-0.05, 0) is 19.1 Å². The summed E-state index contributed by atoms with van der Waals surface area (Å²) in [4.78, 5) is 1.00. The Bertz CT molecular complexity index is 447. The Balaban J connectivity index is 2.77. The molecule has 2 aromatic rings. The molecule has 2 rings (SSSR count). The Kier molecular flexibility index (Phi) is 2.30. The number of rotatable bonds is 1. The van der Waals surface area contributed by atoms with Gasteiger partial charge in [-0.15, -0.1) is 11.3 Å². The van der Waals surface area contributed by atoms with Crippen LogP contribution in [0.15, 0.2) is 18.2 Å². The van der Waals surface area contributed by atoms with Crippen molar-refractivity contribution >= 4 is 37.4 Å². The zero-order chi connectivity index (χ0) is 9.42. The van der Waals surface area contributed by atoms with Gasteiger partial charge in [-0.25, -0.2) is 0 Å². The first-order valence-electron chi connectivity index (χ1n) is 3.99. The maximum Gasteiger partial charge on any atom is 0.138 e. The van der Waals surface area contributed by atoms with Crippen LogP contribution in [0.3, 0.4) is 0 Å². The highest BCUT2D eigenvalue weighted by molar-refractivity contribution is 9.08. The summed E-state index contributed by atoms with van der Waals surface area (Å²) >= 11 is 4.99. The maximum absolute atomic E-state index is 9.79. The predicted molar refractivity (Wildman–Crippen MR) is 60.9 cm³/mol. The minimum atomic E-state index is 0.431. The van der Waals surface area contributed by atoms with Crippen molar-refractivity contribution in [1.29, 1.82) is 0 Å². The highest BCUT2D eigenvalue weighted by atomic mass is 79.9. The Morgan fingerprint density at radius 1 is 1.46 bits per heavy atom. The summed E-state index contributed by atoms with van der Waals surface area (Å²) in [6.07, 6.45) is 0. The van der Waals surface area contributed by atoms with Crippen molar-refractivity contribution in [3.63, 3.8) is 0 Å². The Morgan fingerprint density at radius 2 is 2.23 bits per heavy atom. The standard InChI is InChI=1S/C10H9BrOS/c1-6-2-3-8-7(4-6)10(12)9(5-11)13-8/h2-4,12H,5H2,1H3. The molecule has 1 N–H and O–H groups in total. The fourth-order valence-electron chi connectivity index (χ4n) is 1.34. The fraction of sp³-hybridized carbons (Fsp3) is 0.200. The van der Waals surface area contributed by atoms with Gasteiger partial charge in [0.2, 0.25) is 0 Å². The quantitative estimate of drug-likeness (QED) is 0.770. The van der Waals surface area contributed by atoms with Crippen LogP contribution in [0.4, 0.5) is 0 Å². The number of hydrogen-bond donors (Lipinski definition) is 1. The lowest BCUT2D eigenvalue weighted by molar-refractivity contribution is 0.480. The molecule has 1 aromatic carbocycles. The third-order valence-corrected chi connectivity index (χ3v) is 4.10. The predicted octanol–water partition coefficient (Wildman–Crippen LogP) is 3.81. The van der Waals surface area contributed by atoms with Gasteiger partial charge in [0, 0.05) is 15.4 Å². The number of alkyl halides is 1. The van der Waals surface area contributed by atoms with E-state index in [0.29, 0.717) is 5.75 Å². The summed E-state index contributed by atoms with van der Waals surface area (Å²) in [7, 11) is 0. The molecule has 0 saturated heterocycles. The van der Waals surface area contributed by atoms with E-state index < -0.39 is 0 Å². The molecule has 1 nitrogen and oxygen atoms in total. The summed E-state index contributed by atoms with van der Waals surface area (Å²) in [5.41, 5.74) is 1.18. The van der Waals surface area contributed by atoms with E-state index in [9.17, 15) is 5.11 Å². The van der Waals surface area contributed by atoms with E-state index in [1.807, 2.05) is 13.0 Å². The summed E-state index contributed by atoms with van der Waals surface area (Å²) in [5, 5.41) is 11.5. The zero-order valence-corrected chi connectivity index (χ0v) is 9.58. The van der Waals surface area contributed by atoms with Crippen molar-refractivity contribution < 1.29 is 5.11 Å². The lowest BCUT2D eigenvalue weighted by Crippen LogP contribution is -1.70. The SMILES string of the molecule is Cc1ccc2sc(CBr)c(O)c2c1. The monoisotopic (exact) mass is 256 g/mol. The van der Waals surface area contributed by atoms with Crippen molar-refractivity contribution in [1.82, 2.24) is 0 Å². The Labute approximate surface area is 89.1 Å². The lowest BCUT2D eigenvalue weighted by Gasteiger charge is -1.93. The van der Waals surface area contributed by atoms with Crippen molar-refractivity contribution in [3.05, 3.63) is 28.6 Å². The first kappa shape index (κ1) is 9.03. The van der Waals surface area contributed by atoms with Crippen molar-refractivity contribution in [2.75, 3.05) is 0 Å². The second-order valence-electron chi connectivity index (χ2n) is 3.01. The molecule has 0 amide bonds. The van der Waals surface area contributed by atoms with Crippen LogP contribution in [0.5, 0.6) is 5.75 Å². The van der Waals surface area contributed by atoms with E-state index in [1.165, 1.54) is 5.56 Å². The first-order chi connectivity index (χ1) is 6.22. The molecule has 0 aliphatic carbocycles. The van der Waals surface area contributed by atoms with Gasteiger partial charge in [-0.3, -0.25) is 0 Å². The number of halogens is 1. The molecule has 1 heterocycles. The molecule has 0 aliphatic rings. The largest absolute Gasteiger partial charge is 0.506 e. The first-order valence-corrected chi connectivity index (χ1v) is 5.93. The molecule has 0 bridgehead atoms. The second-order valence-corrected chi connectivity index (χ2v) is 4.70. The molecule has 0 spiro atoms. The number of fused-ring (bicyclic) bond motifs is 1. The highest BCUT2D eigenvalue weighted by Gasteiger charge is 2.09. The van der Waals surface area contributed by atoms with Gasteiger partial charge >= 0.3 is 0 Å². The van der Waals surface area contributed by atoms with Crippen LogP contribution in [0.25, 0.3) is 10.1 Å². The third-order valence-electron chi connectivity index (χ3n) is 2.01. The van der Waals surface area contributed by atoms with Crippen molar-refractivity contribution in [3.8, 4) is 5.75 Å². The molecule has 0 radical (unpaired) electrons. The summed E-state index contributed by atoms with van der Waals surface area (Å²) < 4.78 is 1.15. The molecule has 13 heavy (non-hydrogen) atoms. The minimum Gasteiger partial charge on any atom is -0.506 e. The minimum absolute atomic E-state index is 0.431. The third kappa shape index (κ3) is 1.46. The van der Waals surface area contributed by atoms with Crippen LogP contribution in [0, 0.1) is 6.92 Å². The molecule has 0 fully saturated rings. The van der Waals surface area contributed by atoms with Gasteiger partial charge in [0.1, 0.15) is 5.75 Å². The number of hydrogen-bond acceptors (Lipinski definition) is 2. The van der Waals surface area contributed by atoms with E-state index in [4.69, 9.17) is 0 Å². The lowest BCUT2D eigenvalue weighted by atomic mass is 10.2. The van der Waals surface area contributed by atoms with Gasteiger partial charge < -0.3 is 5.11 Å². The van der Waals surface area contributed by atoms with Crippen LogP contribution < -0.4 is 0 Å². The van der Waals surface area contributed by atoms with E-state index in [-0.39, 0.29) is 0 Å². The van der Waals surface area contributed by atoms with Crippen molar-refractivity contribution in [2.45, 2.75) is 12.3 Å². The summed E-state index contributed by atoms with van der Waals surface area (Å²) in [6, 6.07) is 6.14. The normalized spacial score (nSPS) is 10.9. The van der Waals surface area contributed by atoms with Gasteiger partial charge in [0.25, 0.3) is 0 Å². The van der Waals surface area contributed by atoms with Gasteiger partial charge in [0.05, 0.1) is 4.88 Å². The summed E-state index contributed by atoms with van der Waals surface area (Å²) in [5.74, 6) is 0.431. The second kappa shape index (κ2) is 3.31. The number of thiophene rings is 1. The number of benzene rings is 1.